The zero-order valence-electron chi connectivity index (χ0n) is 22.3. The van der Waals surface area contributed by atoms with Crippen LogP contribution in [0.1, 0.15) is 15.9 Å². The highest BCUT2D eigenvalue weighted by molar-refractivity contribution is 6.11. The molecule has 1 aliphatic rings. The molecule has 0 unspecified atom stereocenters. The molecular formula is C27H35N7O3. The Morgan fingerprint density at radius 3 is 2.57 bits per heavy atom. The van der Waals surface area contributed by atoms with Gasteiger partial charge in [0.05, 0.1) is 24.2 Å². The van der Waals surface area contributed by atoms with Crippen molar-refractivity contribution in [1.29, 1.82) is 0 Å². The number of likely N-dealkylation sites (N-methyl/N-ethyl adjacent to an activating group) is 3. The molecule has 0 atom stereocenters. The van der Waals surface area contributed by atoms with E-state index in [1.165, 1.54) is 6.08 Å². The normalized spacial score (nSPS) is 13.0. The fraction of sp³-hybridized carbons (Fsp3) is 0.333. The number of pyridine rings is 1. The molecule has 0 spiro atoms. The first kappa shape index (κ1) is 27.4. The Morgan fingerprint density at radius 2 is 1.92 bits per heavy atom. The van der Waals surface area contributed by atoms with Crippen molar-refractivity contribution >= 4 is 34.7 Å². The highest BCUT2D eigenvalue weighted by Crippen LogP contribution is 2.37. The third kappa shape index (κ3) is 6.95. The lowest BCUT2D eigenvalue weighted by atomic mass is 10.1. The van der Waals surface area contributed by atoms with E-state index in [2.05, 4.69) is 32.1 Å². The molecule has 0 bridgehead atoms. The van der Waals surface area contributed by atoms with Crippen molar-refractivity contribution in [1.82, 2.24) is 14.8 Å². The van der Waals surface area contributed by atoms with Gasteiger partial charge in [0.15, 0.2) is 0 Å². The molecule has 0 radical (unpaired) electrons. The Kier molecular flexibility index (Phi) is 9.02. The monoisotopic (exact) mass is 505 g/mol. The molecule has 0 saturated heterocycles. The number of nitrogens with zero attached hydrogens (tertiary/aromatic N) is 5. The van der Waals surface area contributed by atoms with Gasteiger partial charge in [0, 0.05) is 57.8 Å². The summed E-state index contributed by atoms with van der Waals surface area (Å²) in [5.41, 5.74) is 3.68. The van der Waals surface area contributed by atoms with Crippen LogP contribution in [-0.4, -0.2) is 87.4 Å². The van der Waals surface area contributed by atoms with E-state index >= 15 is 0 Å². The number of benzene rings is 1. The summed E-state index contributed by atoms with van der Waals surface area (Å²) in [5.74, 6) is 0.504. The lowest BCUT2D eigenvalue weighted by Crippen LogP contribution is -2.36. The second-order valence-corrected chi connectivity index (χ2v) is 9.10. The molecule has 1 aromatic heterocycles. The van der Waals surface area contributed by atoms with E-state index in [-0.39, 0.29) is 11.7 Å². The van der Waals surface area contributed by atoms with Crippen LogP contribution < -0.4 is 20.3 Å². The maximum Gasteiger partial charge on any atom is 0.247 e. The molecule has 37 heavy (non-hydrogen) atoms. The average molecular weight is 506 g/mol. The lowest BCUT2D eigenvalue weighted by Gasteiger charge is -2.28. The fourth-order valence-electron chi connectivity index (χ4n) is 3.68. The minimum Gasteiger partial charge on any atom is -0.494 e. The summed E-state index contributed by atoms with van der Waals surface area (Å²) in [7, 11) is 9.42. The molecule has 2 N–H and O–H groups in total. The predicted octanol–water partition coefficient (Wildman–Crippen LogP) is 3.00. The Hall–Kier alpha value is -4.18. The van der Waals surface area contributed by atoms with Crippen LogP contribution in [-0.2, 0) is 4.79 Å². The average Bonchev–Trinajstić information content (AvgIpc) is 2.88. The van der Waals surface area contributed by atoms with E-state index in [0.29, 0.717) is 40.9 Å². The largest absolute Gasteiger partial charge is 0.494 e. The van der Waals surface area contributed by atoms with Crippen molar-refractivity contribution in [3.05, 3.63) is 66.1 Å². The van der Waals surface area contributed by atoms with Crippen molar-refractivity contribution in [2.24, 2.45) is 4.99 Å². The molecule has 1 amide bonds. The summed E-state index contributed by atoms with van der Waals surface area (Å²) >= 11 is 0. The number of amides is 1. The molecule has 1 aliphatic heterocycles. The Balaban J connectivity index is 1.96. The number of Topliss-reactive ketones (excluding diaryl/α,β-unsaturated/α-hetero) is 1. The minimum absolute atomic E-state index is 0.202. The zero-order valence-corrected chi connectivity index (χ0v) is 22.3. The van der Waals surface area contributed by atoms with Gasteiger partial charge in [-0.3, -0.25) is 14.6 Å². The maximum absolute atomic E-state index is 13.1. The molecule has 0 aliphatic carbocycles. The Labute approximate surface area is 218 Å². The Morgan fingerprint density at radius 1 is 1.16 bits per heavy atom. The van der Waals surface area contributed by atoms with Crippen LogP contribution in [0.5, 0.6) is 5.75 Å². The van der Waals surface area contributed by atoms with Gasteiger partial charge in [-0.15, -0.1) is 0 Å². The summed E-state index contributed by atoms with van der Waals surface area (Å²) in [6.45, 7) is 7.50. The number of guanidine groups is 1. The molecule has 1 aromatic carbocycles. The third-order valence-corrected chi connectivity index (χ3v) is 5.82. The van der Waals surface area contributed by atoms with Gasteiger partial charge in [0.1, 0.15) is 11.4 Å². The summed E-state index contributed by atoms with van der Waals surface area (Å²) in [5, 5.41) is 6.17. The molecule has 196 valence electrons. The standard InChI is InChI=1S/C27H35N7O3/c1-8-25(35)29-21-14-22(24(37-7)15-23(21)33(5)12-11-32(3)4)31-27-30-20(9-10-34(27)6)26(36)19-13-18(2)16-28-17-19/h8-9,13-17H,1,10-12H2,2-7H3,(H,29,35)(H,30,31). The van der Waals surface area contributed by atoms with Crippen LogP contribution in [0, 0.1) is 6.92 Å². The second-order valence-electron chi connectivity index (χ2n) is 9.10. The van der Waals surface area contributed by atoms with Crippen molar-refractivity contribution in [3.8, 4) is 5.75 Å². The van der Waals surface area contributed by atoms with Gasteiger partial charge < -0.3 is 30.1 Å². The summed E-state index contributed by atoms with van der Waals surface area (Å²) < 4.78 is 5.69. The van der Waals surface area contributed by atoms with Crippen molar-refractivity contribution in [3.63, 3.8) is 0 Å². The number of hydrogen-bond donors (Lipinski definition) is 2. The van der Waals surface area contributed by atoms with Crippen LogP contribution in [0.15, 0.2) is 60.0 Å². The van der Waals surface area contributed by atoms with E-state index < -0.39 is 0 Å². The quantitative estimate of drug-likeness (QED) is 0.375. The predicted molar refractivity (Wildman–Crippen MR) is 149 cm³/mol. The number of carbonyl (C=O) groups excluding carboxylic acids is 2. The summed E-state index contributed by atoms with van der Waals surface area (Å²) in [6.07, 6.45) is 6.25. The number of aliphatic imine (C=N–C) groups is 1. The Bertz CT molecular complexity index is 1240. The topological polar surface area (TPSA) is 102 Å². The molecule has 2 heterocycles. The van der Waals surface area contributed by atoms with Crippen LogP contribution in [0.4, 0.5) is 17.1 Å². The van der Waals surface area contributed by atoms with Gasteiger partial charge in [-0.25, -0.2) is 4.99 Å². The lowest BCUT2D eigenvalue weighted by molar-refractivity contribution is -0.111. The number of carbonyl (C=O) groups is 2. The van der Waals surface area contributed by atoms with Gasteiger partial charge >= 0.3 is 0 Å². The first-order valence-electron chi connectivity index (χ1n) is 11.9. The number of ether oxygens (including phenoxy) is 1. The van der Waals surface area contributed by atoms with Gasteiger partial charge in [-0.1, -0.05) is 6.58 Å². The van der Waals surface area contributed by atoms with Crippen LogP contribution in [0.25, 0.3) is 0 Å². The van der Waals surface area contributed by atoms with Gasteiger partial charge in [0.25, 0.3) is 0 Å². The van der Waals surface area contributed by atoms with E-state index in [0.717, 1.165) is 24.3 Å². The number of rotatable bonds is 10. The highest BCUT2D eigenvalue weighted by atomic mass is 16.5. The fourth-order valence-corrected chi connectivity index (χ4v) is 3.68. The smallest absolute Gasteiger partial charge is 0.247 e. The number of allylic oxidation sites excluding steroid dienone is 1. The number of methoxy groups -OCH3 is 1. The second kappa shape index (κ2) is 12.2. The number of hydrogen-bond acceptors (Lipinski definition) is 9. The van der Waals surface area contributed by atoms with Gasteiger partial charge in [-0.2, -0.15) is 0 Å². The van der Waals surface area contributed by atoms with E-state index in [4.69, 9.17) is 4.74 Å². The van der Waals surface area contributed by atoms with Crippen molar-refractivity contribution in [2.75, 3.05) is 70.5 Å². The molecule has 0 saturated carbocycles. The van der Waals surface area contributed by atoms with Crippen LogP contribution in [0.2, 0.25) is 0 Å². The zero-order chi connectivity index (χ0) is 27.1. The van der Waals surface area contributed by atoms with E-state index in [9.17, 15) is 9.59 Å². The maximum atomic E-state index is 13.1. The number of nitrogens with one attached hydrogen (secondary N) is 2. The number of aromatic nitrogens is 1. The highest BCUT2D eigenvalue weighted by Gasteiger charge is 2.22. The van der Waals surface area contributed by atoms with Crippen LogP contribution in [0.3, 0.4) is 0 Å². The van der Waals surface area contributed by atoms with Crippen molar-refractivity contribution in [2.45, 2.75) is 6.92 Å². The van der Waals surface area contributed by atoms with Crippen LogP contribution >= 0.6 is 0 Å². The summed E-state index contributed by atoms with van der Waals surface area (Å²) in [4.78, 5) is 40.0. The molecular weight excluding hydrogens is 470 g/mol. The molecule has 2 aromatic rings. The van der Waals surface area contributed by atoms with Gasteiger partial charge in [-0.05, 0) is 50.9 Å². The van der Waals surface area contributed by atoms with Crippen molar-refractivity contribution < 1.29 is 14.3 Å². The van der Waals surface area contributed by atoms with E-state index in [1.807, 2.05) is 51.0 Å². The SMILES string of the molecule is C=CC(=O)Nc1cc(NC2=NC(C(=O)c3cncc(C)c3)=CCN2C)c(OC)cc1N(C)CCN(C)C. The number of ketones is 1. The number of anilines is 3. The van der Waals surface area contributed by atoms with E-state index in [1.54, 1.807) is 37.7 Å². The molecule has 3 rings (SSSR count). The third-order valence-electron chi connectivity index (χ3n) is 5.82. The first-order valence-corrected chi connectivity index (χ1v) is 11.9. The minimum atomic E-state index is -0.326. The molecule has 10 nitrogen and oxygen atoms in total. The number of aryl methyl sites for hydroxylation is 1. The first-order chi connectivity index (χ1) is 17.6. The summed E-state index contributed by atoms with van der Waals surface area (Å²) in [6, 6.07) is 5.45. The molecule has 0 fully saturated rings. The molecule has 10 heteroatoms. The van der Waals surface area contributed by atoms with Gasteiger partial charge in [0.2, 0.25) is 17.6 Å².